The van der Waals surface area contributed by atoms with Crippen LogP contribution in [0, 0.1) is 13.8 Å². The van der Waals surface area contributed by atoms with Gasteiger partial charge in [-0.15, -0.1) is 0 Å². The van der Waals surface area contributed by atoms with Crippen molar-refractivity contribution in [1.82, 2.24) is 14.9 Å². The highest BCUT2D eigenvalue weighted by Gasteiger charge is 2.42. The van der Waals surface area contributed by atoms with E-state index in [1.807, 2.05) is 18.3 Å². The molecule has 0 bridgehead atoms. The molecular weight excluding hydrogens is 476 g/mol. The SMILES string of the molecule is Cc1ccc(-n2cccc2[C@@H]2[C@H](c3ccccn3)NC(=S)N2c2ccc(OC3CCCC3)cc2)cc1C. The summed E-state index contributed by atoms with van der Waals surface area (Å²) in [5, 5.41) is 4.27. The molecule has 1 saturated carbocycles. The van der Waals surface area contributed by atoms with Crippen LogP contribution in [0.1, 0.15) is 60.3 Å². The zero-order valence-electron chi connectivity index (χ0n) is 21.3. The summed E-state index contributed by atoms with van der Waals surface area (Å²) in [6.07, 6.45) is 9.11. The number of rotatable bonds is 6. The number of thiocarbonyl (C=S) groups is 1. The average molecular weight is 509 g/mol. The van der Waals surface area contributed by atoms with Gasteiger partial charge in [0.25, 0.3) is 0 Å². The third-order valence-corrected chi connectivity index (χ3v) is 7.98. The van der Waals surface area contributed by atoms with Gasteiger partial charge in [0.2, 0.25) is 0 Å². The molecule has 6 heteroatoms. The van der Waals surface area contributed by atoms with Crippen LogP contribution in [0.3, 0.4) is 0 Å². The molecule has 3 heterocycles. The lowest BCUT2D eigenvalue weighted by atomic mass is 10.0. The van der Waals surface area contributed by atoms with E-state index in [2.05, 4.69) is 95.5 Å². The number of hydrogen-bond donors (Lipinski definition) is 1. The van der Waals surface area contributed by atoms with Crippen LogP contribution in [0.4, 0.5) is 5.69 Å². The van der Waals surface area contributed by atoms with Crippen molar-refractivity contribution in [2.24, 2.45) is 0 Å². The summed E-state index contributed by atoms with van der Waals surface area (Å²) in [6.45, 7) is 4.31. The summed E-state index contributed by atoms with van der Waals surface area (Å²) in [5.41, 5.74) is 6.85. The minimum Gasteiger partial charge on any atom is -0.490 e. The van der Waals surface area contributed by atoms with Crippen LogP contribution in [0.25, 0.3) is 5.69 Å². The predicted octanol–water partition coefficient (Wildman–Crippen LogP) is 6.99. The molecule has 0 radical (unpaired) electrons. The van der Waals surface area contributed by atoms with Crippen molar-refractivity contribution in [3.63, 3.8) is 0 Å². The second-order valence-corrected chi connectivity index (χ2v) is 10.5. The van der Waals surface area contributed by atoms with Crippen LogP contribution < -0.4 is 15.0 Å². The van der Waals surface area contributed by atoms with Crippen LogP contribution in [-0.4, -0.2) is 20.8 Å². The predicted molar refractivity (Wildman–Crippen MR) is 153 cm³/mol. The molecule has 2 aliphatic rings. The van der Waals surface area contributed by atoms with Gasteiger partial charge in [0.05, 0.1) is 17.8 Å². The first kappa shape index (κ1) is 23.7. The van der Waals surface area contributed by atoms with Crippen LogP contribution >= 0.6 is 12.2 Å². The number of pyridine rings is 1. The molecule has 5 nitrogen and oxygen atoms in total. The number of anilines is 1. The van der Waals surface area contributed by atoms with Crippen LogP contribution in [-0.2, 0) is 0 Å². The van der Waals surface area contributed by atoms with Gasteiger partial charge in [-0.05, 0) is 124 Å². The van der Waals surface area contributed by atoms with Crippen molar-refractivity contribution in [3.05, 3.63) is 108 Å². The van der Waals surface area contributed by atoms with Crippen LogP contribution in [0.15, 0.2) is 85.2 Å². The van der Waals surface area contributed by atoms with Crippen LogP contribution in [0.5, 0.6) is 5.75 Å². The van der Waals surface area contributed by atoms with Gasteiger partial charge in [-0.1, -0.05) is 12.1 Å². The zero-order chi connectivity index (χ0) is 25.4. The Hall–Kier alpha value is -3.64. The molecule has 2 fully saturated rings. The molecule has 0 amide bonds. The Balaban J connectivity index is 1.40. The first-order valence-electron chi connectivity index (χ1n) is 13.1. The van der Waals surface area contributed by atoms with E-state index in [9.17, 15) is 0 Å². The van der Waals surface area contributed by atoms with Gasteiger partial charge >= 0.3 is 0 Å². The van der Waals surface area contributed by atoms with E-state index < -0.39 is 0 Å². The number of benzene rings is 2. The normalized spacial score (nSPS) is 19.8. The smallest absolute Gasteiger partial charge is 0.174 e. The van der Waals surface area contributed by atoms with Gasteiger partial charge in [-0.3, -0.25) is 4.98 Å². The fourth-order valence-electron chi connectivity index (χ4n) is 5.56. The molecule has 37 heavy (non-hydrogen) atoms. The van der Waals surface area contributed by atoms with Crippen molar-refractivity contribution in [3.8, 4) is 11.4 Å². The van der Waals surface area contributed by atoms with Crippen molar-refractivity contribution in [2.45, 2.75) is 57.7 Å². The molecule has 1 aliphatic carbocycles. The quantitative estimate of drug-likeness (QED) is 0.284. The topological polar surface area (TPSA) is 42.3 Å². The third kappa shape index (κ3) is 4.62. The van der Waals surface area contributed by atoms with E-state index in [0.717, 1.165) is 41.4 Å². The van der Waals surface area contributed by atoms with E-state index in [0.29, 0.717) is 11.2 Å². The Morgan fingerprint density at radius 3 is 2.41 bits per heavy atom. The first-order chi connectivity index (χ1) is 18.1. The number of aryl methyl sites for hydroxylation is 2. The summed E-state index contributed by atoms with van der Waals surface area (Å²) in [6, 6.07) is 25.2. The maximum atomic E-state index is 6.23. The van der Waals surface area contributed by atoms with Gasteiger partial charge in [-0.25, -0.2) is 0 Å². The lowest BCUT2D eigenvalue weighted by Crippen LogP contribution is -2.30. The van der Waals surface area contributed by atoms with Crippen molar-refractivity contribution in [1.29, 1.82) is 0 Å². The molecule has 0 unspecified atom stereocenters. The Morgan fingerprint density at radius 1 is 0.892 bits per heavy atom. The summed E-state index contributed by atoms with van der Waals surface area (Å²) in [5.74, 6) is 0.921. The van der Waals surface area contributed by atoms with E-state index in [1.165, 1.54) is 24.0 Å². The second-order valence-electron chi connectivity index (χ2n) is 10.1. The fraction of sp³-hybridized carbons (Fsp3) is 0.290. The average Bonchev–Trinajstić information content (AvgIpc) is 3.67. The van der Waals surface area contributed by atoms with Gasteiger partial charge in [0, 0.05) is 29.5 Å². The molecule has 2 aromatic carbocycles. The summed E-state index contributed by atoms with van der Waals surface area (Å²) in [4.78, 5) is 6.93. The largest absolute Gasteiger partial charge is 0.490 e. The lowest BCUT2D eigenvalue weighted by Gasteiger charge is -2.29. The standard InChI is InChI=1S/C31H32N4OS/c1-21-12-13-24(20-22(21)2)34-19-7-11-28(34)30-29(27-10-5-6-18-32-27)33-31(37)35(30)23-14-16-26(17-15-23)36-25-8-3-4-9-25/h5-7,10-20,25,29-30H,3-4,8-9H2,1-2H3,(H,33,37)/t29-,30+/m0/s1. The Morgan fingerprint density at radius 2 is 1.68 bits per heavy atom. The maximum absolute atomic E-state index is 6.23. The van der Waals surface area contributed by atoms with Gasteiger partial charge in [0.15, 0.2) is 5.11 Å². The number of hydrogen-bond acceptors (Lipinski definition) is 3. The molecule has 0 spiro atoms. The molecule has 2 atom stereocenters. The summed E-state index contributed by atoms with van der Waals surface area (Å²) >= 11 is 5.94. The number of nitrogens with one attached hydrogen (secondary N) is 1. The second kappa shape index (κ2) is 10.0. The molecule has 1 aliphatic heterocycles. The number of aromatic nitrogens is 2. The van der Waals surface area contributed by atoms with Gasteiger partial charge in [-0.2, -0.15) is 0 Å². The van der Waals surface area contributed by atoms with Gasteiger partial charge < -0.3 is 19.5 Å². The molecule has 188 valence electrons. The molecule has 1 saturated heterocycles. The van der Waals surface area contributed by atoms with E-state index in [1.54, 1.807) is 0 Å². The maximum Gasteiger partial charge on any atom is 0.174 e. The molecule has 1 N–H and O–H groups in total. The summed E-state index contributed by atoms with van der Waals surface area (Å²) < 4.78 is 8.50. The Kier molecular flexibility index (Phi) is 6.43. The Bertz CT molecular complexity index is 1390. The lowest BCUT2D eigenvalue weighted by molar-refractivity contribution is 0.210. The first-order valence-corrected chi connectivity index (χ1v) is 13.5. The fourth-order valence-corrected chi connectivity index (χ4v) is 5.91. The van der Waals surface area contributed by atoms with Crippen molar-refractivity contribution in [2.75, 3.05) is 4.90 Å². The monoisotopic (exact) mass is 508 g/mol. The minimum atomic E-state index is -0.0942. The van der Waals surface area contributed by atoms with E-state index in [4.69, 9.17) is 21.9 Å². The van der Waals surface area contributed by atoms with E-state index >= 15 is 0 Å². The number of ether oxygens (including phenoxy) is 1. The molecule has 2 aromatic heterocycles. The summed E-state index contributed by atoms with van der Waals surface area (Å²) in [7, 11) is 0. The molecular formula is C31H32N4OS. The Labute approximate surface area is 224 Å². The molecule has 6 rings (SSSR count). The highest BCUT2D eigenvalue weighted by Crippen LogP contribution is 2.42. The van der Waals surface area contributed by atoms with Crippen LogP contribution in [0.2, 0.25) is 0 Å². The number of nitrogens with zero attached hydrogens (tertiary/aromatic N) is 3. The minimum absolute atomic E-state index is 0.0828. The van der Waals surface area contributed by atoms with E-state index in [-0.39, 0.29) is 12.1 Å². The third-order valence-electron chi connectivity index (χ3n) is 7.67. The molecule has 4 aromatic rings. The van der Waals surface area contributed by atoms with Crippen molar-refractivity contribution < 1.29 is 4.74 Å². The highest BCUT2D eigenvalue weighted by atomic mass is 32.1. The zero-order valence-corrected chi connectivity index (χ0v) is 22.1. The van der Waals surface area contributed by atoms with Crippen molar-refractivity contribution >= 4 is 23.0 Å². The highest BCUT2D eigenvalue weighted by molar-refractivity contribution is 7.80. The van der Waals surface area contributed by atoms with Gasteiger partial charge in [0.1, 0.15) is 11.8 Å².